The number of ether oxygens (including phenoxy) is 2. The van der Waals surface area contributed by atoms with Gasteiger partial charge in [-0.25, -0.2) is 0 Å². The number of aliphatic hydroxyl groups is 8. The molecule has 2 heterocycles. The van der Waals surface area contributed by atoms with E-state index in [0.717, 1.165) is 48.2 Å². The molecule has 0 amide bonds. The Bertz CT molecular complexity index is 1500. The highest BCUT2D eigenvalue weighted by Gasteiger charge is 2.45. The number of rotatable bonds is 7. The van der Waals surface area contributed by atoms with Crippen molar-refractivity contribution in [1.82, 2.24) is 4.90 Å². The van der Waals surface area contributed by atoms with Gasteiger partial charge in [0, 0.05) is 16.5 Å². The van der Waals surface area contributed by atoms with E-state index in [1.165, 1.54) is 5.56 Å². The zero-order valence-electron chi connectivity index (χ0n) is 26.0. The molecule has 8 N–H and O–H groups in total. The lowest BCUT2D eigenvalue weighted by molar-refractivity contribution is -0.214. The number of nitrogens with zero attached hydrogens (tertiary/aromatic N) is 1. The monoisotopic (exact) mass is 637 g/mol. The molecule has 9 atom stereocenters. The van der Waals surface area contributed by atoms with E-state index in [2.05, 4.69) is 53.8 Å². The van der Waals surface area contributed by atoms with E-state index in [4.69, 9.17) is 14.6 Å². The summed E-state index contributed by atoms with van der Waals surface area (Å²) in [5, 5.41) is 78.8. The number of piperidine rings is 1. The molecule has 3 aliphatic rings. The van der Waals surface area contributed by atoms with Gasteiger partial charge in [-0.3, -0.25) is 0 Å². The summed E-state index contributed by atoms with van der Waals surface area (Å²) in [6.45, 7) is 1.74. The van der Waals surface area contributed by atoms with Crippen molar-refractivity contribution in [2.45, 2.75) is 80.1 Å². The molecule has 11 nitrogen and oxygen atoms in total. The number of hydrogen-bond donors (Lipinski definition) is 8. The predicted molar refractivity (Wildman–Crippen MR) is 167 cm³/mol. The zero-order chi connectivity index (χ0) is 33.2. The largest absolute Gasteiger partial charge is 0.394 e. The number of benzene rings is 2. The molecule has 2 aliphatic heterocycles. The smallest absolute Gasteiger partial charge is 0.147 e. The molecule has 1 aliphatic carbocycles. The molecular weight excluding hydrogens is 594 g/mol. The fourth-order valence-electron chi connectivity index (χ4n) is 6.63. The van der Waals surface area contributed by atoms with Crippen LogP contribution in [0.2, 0.25) is 0 Å². The molecule has 7 unspecified atom stereocenters. The second-order valence-corrected chi connectivity index (χ2v) is 12.4. The summed E-state index contributed by atoms with van der Waals surface area (Å²) in [5.74, 6) is 12.1. The van der Waals surface area contributed by atoms with Gasteiger partial charge in [0.15, 0.2) is 0 Å². The molecule has 2 aromatic carbocycles. The molecule has 0 bridgehead atoms. The lowest BCUT2D eigenvalue weighted by Crippen LogP contribution is -2.58. The van der Waals surface area contributed by atoms with Crippen molar-refractivity contribution in [3.05, 3.63) is 58.7 Å². The first-order valence-corrected chi connectivity index (χ1v) is 15.6. The third-order valence-electron chi connectivity index (χ3n) is 9.39. The Balaban J connectivity index is 1.42. The number of likely N-dealkylation sites (tertiary alicyclic amines) is 1. The average molecular weight is 638 g/mol. The number of hydrogen-bond acceptors (Lipinski definition) is 11. The Labute approximate surface area is 268 Å². The summed E-state index contributed by atoms with van der Waals surface area (Å²) in [6.07, 6.45) is -9.40. The van der Waals surface area contributed by atoms with Crippen LogP contribution in [0, 0.1) is 23.7 Å². The molecule has 0 aromatic heterocycles. The molecule has 1 spiro atoms. The van der Waals surface area contributed by atoms with E-state index >= 15 is 0 Å². The number of aliphatic hydroxyl groups excluding tert-OH is 8. The number of fused-ring (bicyclic) bond motifs is 5. The van der Waals surface area contributed by atoms with Crippen molar-refractivity contribution in [3.8, 4) is 34.8 Å². The van der Waals surface area contributed by atoms with Crippen LogP contribution in [-0.4, -0.2) is 141 Å². The van der Waals surface area contributed by atoms with Gasteiger partial charge in [0.1, 0.15) is 54.9 Å². The fraction of sp³-hybridized carbons (Fsp3) is 0.543. The van der Waals surface area contributed by atoms with Crippen molar-refractivity contribution in [2.75, 3.05) is 40.0 Å². The molecule has 5 rings (SSSR count). The molecule has 2 saturated heterocycles. The van der Waals surface area contributed by atoms with Gasteiger partial charge < -0.3 is 55.2 Å². The summed E-state index contributed by atoms with van der Waals surface area (Å²) in [6, 6.07) is 12.1. The molecule has 0 radical (unpaired) electrons. The van der Waals surface area contributed by atoms with Crippen molar-refractivity contribution < 1.29 is 50.3 Å². The normalized spacial score (nSPS) is 27.7. The van der Waals surface area contributed by atoms with Gasteiger partial charge in [-0.15, -0.1) is 0 Å². The van der Waals surface area contributed by atoms with Crippen LogP contribution in [-0.2, 0) is 14.9 Å². The van der Waals surface area contributed by atoms with E-state index in [0.29, 0.717) is 5.56 Å². The minimum Gasteiger partial charge on any atom is -0.394 e. The second kappa shape index (κ2) is 14.5. The quantitative estimate of drug-likeness (QED) is 0.169. The summed E-state index contributed by atoms with van der Waals surface area (Å²) >= 11 is 0. The molecule has 46 heavy (non-hydrogen) atoms. The molecule has 0 saturated carbocycles. The van der Waals surface area contributed by atoms with Crippen LogP contribution < -0.4 is 0 Å². The van der Waals surface area contributed by atoms with Crippen molar-refractivity contribution in [2.24, 2.45) is 0 Å². The Hall–Kier alpha value is -2.88. The Morgan fingerprint density at radius 1 is 0.891 bits per heavy atom. The van der Waals surface area contributed by atoms with Crippen LogP contribution in [0.15, 0.2) is 36.4 Å². The Morgan fingerprint density at radius 2 is 1.50 bits per heavy atom. The highest BCUT2D eigenvalue weighted by Crippen LogP contribution is 2.54. The van der Waals surface area contributed by atoms with Crippen molar-refractivity contribution in [3.63, 3.8) is 0 Å². The minimum atomic E-state index is -1.49. The molecule has 11 heteroatoms. The highest BCUT2D eigenvalue weighted by molar-refractivity contribution is 5.82. The summed E-state index contributed by atoms with van der Waals surface area (Å²) in [4.78, 5) is 2.30. The lowest BCUT2D eigenvalue weighted by atomic mass is 9.70. The molecule has 2 aromatic rings. The maximum Gasteiger partial charge on any atom is 0.147 e. The van der Waals surface area contributed by atoms with E-state index in [1.807, 2.05) is 18.2 Å². The van der Waals surface area contributed by atoms with E-state index in [1.54, 1.807) is 6.92 Å². The van der Waals surface area contributed by atoms with Crippen LogP contribution in [0.4, 0.5) is 0 Å². The lowest BCUT2D eigenvalue weighted by Gasteiger charge is -2.39. The van der Waals surface area contributed by atoms with Crippen molar-refractivity contribution in [1.29, 1.82) is 0 Å². The van der Waals surface area contributed by atoms with Gasteiger partial charge in [-0.05, 0) is 86.4 Å². The summed E-state index contributed by atoms with van der Waals surface area (Å²) < 4.78 is 11.2. The summed E-state index contributed by atoms with van der Waals surface area (Å²) in [7, 11) is 2.10. The predicted octanol–water partition coefficient (Wildman–Crippen LogP) is -1.30. The third kappa shape index (κ3) is 6.74. The first kappa shape index (κ1) is 34.5. The van der Waals surface area contributed by atoms with Gasteiger partial charge >= 0.3 is 0 Å². The minimum absolute atomic E-state index is 0.273. The Morgan fingerprint density at radius 3 is 2.07 bits per heavy atom. The van der Waals surface area contributed by atoms with Gasteiger partial charge in [0.2, 0.25) is 0 Å². The van der Waals surface area contributed by atoms with E-state index in [9.17, 15) is 35.7 Å². The molecule has 248 valence electrons. The first-order valence-electron chi connectivity index (χ1n) is 15.6. The molecule has 2 fully saturated rings. The topological polar surface area (TPSA) is 184 Å². The SMILES string of the molecule is CC(C#Cc1ccc2c(c1)C1(CCN(C)CC1)c1cc(C#CC3OC(CO)[C@@H](O)C(O)C3O)ccc1-2)OC(CO)[C@@H](O)C(O)CO. The van der Waals surface area contributed by atoms with Crippen LogP contribution in [0.1, 0.15) is 42.0 Å². The fourth-order valence-corrected chi connectivity index (χ4v) is 6.63. The van der Waals surface area contributed by atoms with Crippen LogP contribution >= 0.6 is 0 Å². The standard InChI is InChI=1S/C35H43NO10/c1-20(45-29(18-38)31(41)27(40)17-37)3-4-21-5-8-23-24-9-6-22(7-10-28-32(42)34(44)33(43)30(19-39)46-28)16-26(24)35(25(23)15-21)11-13-36(2)14-12-35/h5-6,8-9,15-16,20,27-34,37-44H,11-14,17-19H2,1-2H3/t20?,27?,28?,29?,30?,31-,32?,33+,34?/m0/s1. The summed E-state index contributed by atoms with van der Waals surface area (Å²) in [5.41, 5.74) is 5.76. The van der Waals surface area contributed by atoms with Gasteiger partial charge in [0.05, 0.1) is 19.8 Å². The van der Waals surface area contributed by atoms with Crippen LogP contribution in [0.3, 0.4) is 0 Å². The van der Waals surface area contributed by atoms with Gasteiger partial charge in [-0.2, -0.15) is 0 Å². The van der Waals surface area contributed by atoms with Crippen LogP contribution in [0.5, 0.6) is 0 Å². The van der Waals surface area contributed by atoms with Gasteiger partial charge in [-0.1, -0.05) is 35.8 Å². The van der Waals surface area contributed by atoms with Crippen LogP contribution in [0.25, 0.3) is 11.1 Å². The maximum atomic E-state index is 10.4. The average Bonchev–Trinajstić information content (AvgIpc) is 3.33. The third-order valence-corrected chi connectivity index (χ3v) is 9.39. The maximum absolute atomic E-state index is 10.4. The van der Waals surface area contributed by atoms with Crippen molar-refractivity contribution >= 4 is 0 Å². The van der Waals surface area contributed by atoms with E-state index < -0.39 is 74.8 Å². The second-order valence-electron chi connectivity index (χ2n) is 12.4. The Kier molecular flexibility index (Phi) is 10.8. The highest BCUT2D eigenvalue weighted by atomic mass is 16.5. The first-order chi connectivity index (χ1) is 22.0. The van der Waals surface area contributed by atoms with E-state index in [-0.39, 0.29) is 5.41 Å². The van der Waals surface area contributed by atoms with Gasteiger partial charge in [0.25, 0.3) is 0 Å². The zero-order valence-corrected chi connectivity index (χ0v) is 26.0. The molecular formula is C35H43NO10.